The fourth-order valence-corrected chi connectivity index (χ4v) is 2.80. The molecule has 0 unspecified atom stereocenters. The topological polar surface area (TPSA) is 93.8 Å². The largest absolute Gasteiger partial charge is 0.416 e. The van der Waals surface area contributed by atoms with Crippen LogP contribution >= 0.6 is 11.6 Å². The highest BCUT2D eigenvalue weighted by Crippen LogP contribution is 2.32. The average Bonchev–Trinajstić information content (AvgIpc) is 2.67. The van der Waals surface area contributed by atoms with Crippen LogP contribution in [0, 0.1) is 0 Å². The van der Waals surface area contributed by atoms with Crippen LogP contribution in [0.3, 0.4) is 0 Å². The van der Waals surface area contributed by atoms with Crippen molar-refractivity contribution in [3.05, 3.63) is 64.7 Å². The first-order valence-electron chi connectivity index (χ1n) is 8.83. The molecule has 1 aromatic carbocycles. The van der Waals surface area contributed by atoms with Gasteiger partial charge in [0.2, 0.25) is 5.28 Å². The molecule has 6 nitrogen and oxygen atoms in total. The predicted octanol–water partition coefficient (Wildman–Crippen LogP) is 5.18. The summed E-state index contributed by atoms with van der Waals surface area (Å²) < 4.78 is 38.5. The second-order valence-electron chi connectivity index (χ2n) is 6.79. The van der Waals surface area contributed by atoms with E-state index in [9.17, 15) is 18.0 Å². The Bertz CT molecular complexity index is 1080. The minimum atomic E-state index is -4.42. The van der Waals surface area contributed by atoms with E-state index in [1.54, 1.807) is 12.1 Å². The van der Waals surface area contributed by atoms with Crippen molar-refractivity contribution in [2.75, 3.05) is 5.32 Å². The zero-order chi connectivity index (χ0) is 22.1. The molecular weight excluding hydrogens is 419 g/mol. The molecule has 3 aromatic rings. The summed E-state index contributed by atoms with van der Waals surface area (Å²) in [5.74, 6) is -0.596. The maximum absolute atomic E-state index is 12.8. The van der Waals surface area contributed by atoms with Gasteiger partial charge in [-0.3, -0.25) is 9.78 Å². The fourth-order valence-electron chi connectivity index (χ4n) is 2.67. The van der Waals surface area contributed by atoms with Gasteiger partial charge in [-0.25, -0.2) is 4.98 Å². The van der Waals surface area contributed by atoms with Crippen LogP contribution in [0.5, 0.6) is 0 Å². The summed E-state index contributed by atoms with van der Waals surface area (Å²) in [4.78, 5) is 23.9. The number of amides is 1. The van der Waals surface area contributed by atoms with Gasteiger partial charge < -0.3 is 11.1 Å². The lowest BCUT2D eigenvalue weighted by molar-refractivity contribution is -0.137. The normalized spacial score (nSPS) is 11.6. The molecule has 0 saturated heterocycles. The molecule has 0 atom stereocenters. The maximum atomic E-state index is 12.8. The Morgan fingerprint density at radius 2 is 1.80 bits per heavy atom. The van der Waals surface area contributed by atoms with Crippen molar-refractivity contribution in [2.45, 2.75) is 25.9 Å². The summed E-state index contributed by atoms with van der Waals surface area (Å²) in [5.41, 5.74) is 6.82. The third-order valence-corrected chi connectivity index (χ3v) is 4.41. The highest BCUT2D eigenvalue weighted by atomic mass is 35.5. The van der Waals surface area contributed by atoms with E-state index in [0.717, 1.165) is 12.1 Å². The number of nitrogens with one attached hydrogen (secondary N) is 1. The van der Waals surface area contributed by atoms with Crippen LogP contribution in [0.15, 0.2) is 42.6 Å². The number of hydrogen-bond donors (Lipinski definition) is 2. The first-order chi connectivity index (χ1) is 14.0. The van der Waals surface area contributed by atoms with E-state index in [0.29, 0.717) is 22.6 Å². The Hall–Kier alpha value is -3.20. The molecule has 3 N–H and O–H groups in total. The van der Waals surface area contributed by atoms with Gasteiger partial charge in [-0.05, 0) is 41.8 Å². The lowest BCUT2D eigenvalue weighted by Gasteiger charge is -2.14. The van der Waals surface area contributed by atoms with E-state index >= 15 is 0 Å². The van der Waals surface area contributed by atoms with E-state index in [-0.39, 0.29) is 22.6 Å². The first-order valence-corrected chi connectivity index (χ1v) is 9.21. The molecule has 0 aliphatic carbocycles. The Kier molecular flexibility index (Phi) is 5.93. The number of nitrogens with two attached hydrogens (primary N) is 1. The van der Waals surface area contributed by atoms with E-state index in [2.05, 4.69) is 20.3 Å². The average molecular weight is 436 g/mol. The number of anilines is 2. The van der Waals surface area contributed by atoms with Crippen molar-refractivity contribution < 1.29 is 18.0 Å². The van der Waals surface area contributed by atoms with Crippen molar-refractivity contribution >= 4 is 29.0 Å². The van der Waals surface area contributed by atoms with Crippen molar-refractivity contribution in [1.82, 2.24) is 15.0 Å². The molecule has 156 valence electrons. The summed E-state index contributed by atoms with van der Waals surface area (Å²) in [6.45, 7) is 3.86. The Morgan fingerprint density at radius 3 is 2.37 bits per heavy atom. The van der Waals surface area contributed by atoms with Crippen LogP contribution < -0.4 is 11.1 Å². The summed E-state index contributed by atoms with van der Waals surface area (Å²) in [6, 6.07) is 8.10. The molecule has 2 aromatic heterocycles. The Labute approximate surface area is 175 Å². The minimum absolute atomic E-state index is 0.0320. The summed E-state index contributed by atoms with van der Waals surface area (Å²) >= 11 is 5.83. The lowest BCUT2D eigenvalue weighted by atomic mass is 10.0. The van der Waals surface area contributed by atoms with Gasteiger partial charge in [0.15, 0.2) is 0 Å². The number of hydrogen-bond acceptors (Lipinski definition) is 5. The second-order valence-corrected chi connectivity index (χ2v) is 7.12. The molecule has 0 aliphatic heterocycles. The van der Waals surface area contributed by atoms with Crippen LogP contribution in [-0.4, -0.2) is 20.9 Å². The van der Waals surface area contributed by atoms with Crippen molar-refractivity contribution in [3.63, 3.8) is 0 Å². The number of benzene rings is 1. The number of primary amides is 1. The highest BCUT2D eigenvalue weighted by Gasteiger charge is 2.30. The quantitative estimate of drug-likeness (QED) is 0.539. The highest BCUT2D eigenvalue weighted by molar-refractivity contribution is 6.28. The molecule has 10 heteroatoms. The zero-order valence-corrected chi connectivity index (χ0v) is 16.7. The Balaban J connectivity index is 2.04. The van der Waals surface area contributed by atoms with Crippen LogP contribution in [0.2, 0.25) is 5.28 Å². The number of aromatic nitrogens is 3. The standard InChI is InChI=1S/C20H17ClF3N5O/c1-10(2)15-7-13(27-18-14(17(25)30)9-26-19(21)29-18)8-16(28-15)11-3-5-12(6-4-11)20(22,23)24/h3-10H,1-2H3,(H2,25,30)(H,26,27,28,29). The lowest BCUT2D eigenvalue weighted by Crippen LogP contribution is -2.15. The van der Waals surface area contributed by atoms with E-state index in [1.807, 2.05) is 13.8 Å². The zero-order valence-electron chi connectivity index (χ0n) is 16.0. The molecular formula is C20H17ClF3N5O. The molecule has 2 heterocycles. The van der Waals surface area contributed by atoms with Gasteiger partial charge >= 0.3 is 6.18 Å². The summed E-state index contributed by atoms with van der Waals surface area (Å²) in [5, 5.41) is 2.90. The number of carbonyl (C=O) groups is 1. The van der Waals surface area contributed by atoms with Crippen LogP contribution in [0.4, 0.5) is 24.7 Å². The van der Waals surface area contributed by atoms with E-state index in [1.165, 1.54) is 18.3 Å². The van der Waals surface area contributed by atoms with Gasteiger partial charge in [-0.15, -0.1) is 0 Å². The van der Waals surface area contributed by atoms with Gasteiger partial charge in [0.05, 0.1) is 11.3 Å². The number of halogens is 4. The molecule has 0 saturated carbocycles. The molecule has 0 spiro atoms. The van der Waals surface area contributed by atoms with Gasteiger partial charge in [-0.1, -0.05) is 26.0 Å². The van der Waals surface area contributed by atoms with Crippen LogP contribution in [0.25, 0.3) is 11.3 Å². The smallest absolute Gasteiger partial charge is 0.365 e. The number of alkyl halides is 3. The second kappa shape index (κ2) is 8.27. The number of carbonyl (C=O) groups excluding carboxylic acids is 1. The molecule has 0 fully saturated rings. The van der Waals surface area contributed by atoms with Gasteiger partial charge in [-0.2, -0.15) is 18.2 Å². The van der Waals surface area contributed by atoms with Crippen molar-refractivity contribution in [1.29, 1.82) is 0 Å². The summed E-state index contributed by atoms with van der Waals surface area (Å²) in [6.07, 6.45) is -3.21. The summed E-state index contributed by atoms with van der Waals surface area (Å²) in [7, 11) is 0. The molecule has 1 amide bonds. The number of rotatable bonds is 5. The van der Waals surface area contributed by atoms with Gasteiger partial charge in [0.25, 0.3) is 5.91 Å². The minimum Gasteiger partial charge on any atom is -0.365 e. The molecule has 0 radical (unpaired) electrons. The third-order valence-electron chi connectivity index (χ3n) is 4.23. The Morgan fingerprint density at radius 1 is 1.13 bits per heavy atom. The third kappa shape index (κ3) is 4.85. The SMILES string of the molecule is CC(C)c1cc(Nc2nc(Cl)ncc2C(N)=O)cc(-c2ccc(C(F)(F)F)cc2)n1. The number of nitrogens with zero attached hydrogens (tertiary/aromatic N) is 3. The predicted molar refractivity (Wildman–Crippen MR) is 108 cm³/mol. The maximum Gasteiger partial charge on any atom is 0.416 e. The monoisotopic (exact) mass is 435 g/mol. The van der Waals surface area contributed by atoms with Crippen molar-refractivity contribution in [2.24, 2.45) is 5.73 Å². The van der Waals surface area contributed by atoms with E-state index < -0.39 is 17.6 Å². The molecule has 3 rings (SSSR count). The first kappa shape index (κ1) is 21.5. The van der Waals surface area contributed by atoms with Gasteiger partial charge in [0.1, 0.15) is 11.4 Å². The van der Waals surface area contributed by atoms with Crippen molar-refractivity contribution in [3.8, 4) is 11.3 Å². The number of pyridine rings is 1. The fraction of sp³-hybridized carbons (Fsp3) is 0.200. The van der Waals surface area contributed by atoms with Crippen LogP contribution in [-0.2, 0) is 6.18 Å². The van der Waals surface area contributed by atoms with Crippen LogP contribution in [0.1, 0.15) is 41.4 Å². The molecule has 30 heavy (non-hydrogen) atoms. The molecule has 0 aliphatic rings. The molecule has 0 bridgehead atoms. The van der Waals surface area contributed by atoms with E-state index in [4.69, 9.17) is 17.3 Å². The van der Waals surface area contributed by atoms with Gasteiger partial charge in [0, 0.05) is 23.1 Å².